The predicted octanol–water partition coefficient (Wildman–Crippen LogP) is 0.984. The zero-order valence-corrected chi connectivity index (χ0v) is 9.84. The molecule has 0 fully saturated rings. The third-order valence-corrected chi connectivity index (χ3v) is 2.97. The molecular formula is C13H12N2O3. The number of rotatable bonds is 1. The average molecular weight is 244 g/mol. The van der Waals surface area contributed by atoms with Gasteiger partial charge in [0, 0.05) is 0 Å². The molecule has 1 atom stereocenters. The van der Waals surface area contributed by atoms with Crippen LogP contribution < -0.4 is 16.0 Å². The number of aromatic amines is 1. The summed E-state index contributed by atoms with van der Waals surface area (Å²) >= 11 is 0. The molecule has 0 radical (unpaired) electrons. The summed E-state index contributed by atoms with van der Waals surface area (Å²) in [6.07, 6.45) is -0.102. The highest BCUT2D eigenvalue weighted by molar-refractivity contribution is 5.67. The maximum atomic E-state index is 12.0. The van der Waals surface area contributed by atoms with Crippen molar-refractivity contribution in [3.8, 4) is 17.0 Å². The van der Waals surface area contributed by atoms with Crippen molar-refractivity contribution in [2.24, 2.45) is 0 Å². The van der Waals surface area contributed by atoms with E-state index in [0.29, 0.717) is 18.0 Å². The van der Waals surface area contributed by atoms with Crippen LogP contribution in [-0.2, 0) is 6.54 Å². The van der Waals surface area contributed by atoms with Gasteiger partial charge in [-0.1, -0.05) is 30.3 Å². The summed E-state index contributed by atoms with van der Waals surface area (Å²) in [6, 6.07) is 9.20. The first-order valence-corrected chi connectivity index (χ1v) is 5.76. The standard InChI is InChI=1S/C13H12N2O3/c1-8-7-15-12(18-8)10(11(16)14-13(15)17)9-5-3-2-4-6-9/h2-6,8H,7H2,1H3,(H,14,16,17)/t8-/m1/s1. The molecule has 2 aromatic rings. The van der Waals surface area contributed by atoms with Gasteiger partial charge in [-0.3, -0.25) is 14.3 Å². The summed E-state index contributed by atoms with van der Waals surface area (Å²) in [5, 5.41) is 0. The fourth-order valence-corrected chi connectivity index (χ4v) is 2.18. The zero-order valence-electron chi connectivity index (χ0n) is 9.84. The number of hydrogen-bond donors (Lipinski definition) is 1. The molecule has 1 aliphatic heterocycles. The van der Waals surface area contributed by atoms with Gasteiger partial charge in [0.1, 0.15) is 11.7 Å². The van der Waals surface area contributed by atoms with Crippen LogP contribution in [0.5, 0.6) is 5.88 Å². The van der Waals surface area contributed by atoms with Crippen molar-refractivity contribution in [3.05, 3.63) is 51.2 Å². The Labute approximate surface area is 103 Å². The Morgan fingerprint density at radius 1 is 1.28 bits per heavy atom. The number of nitrogens with zero attached hydrogens (tertiary/aromatic N) is 1. The fraction of sp³-hybridized carbons (Fsp3) is 0.231. The molecule has 5 heteroatoms. The number of nitrogens with one attached hydrogen (secondary N) is 1. The minimum Gasteiger partial charge on any atom is -0.473 e. The summed E-state index contributed by atoms with van der Waals surface area (Å²) in [6.45, 7) is 2.33. The monoisotopic (exact) mass is 244 g/mol. The van der Waals surface area contributed by atoms with Gasteiger partial charge in [-0.05, 0) is 12.5 Å². The summed E-state index contributed by atoms with van der Waals surface area (Å²) in [7, 11) is 0. The molecule has 92 valence electrons. The van der Waals surface area contributed by atoms with E-state index in [9.17, 15) is 9.59 Å². The smallest absolute Gasteiger partial charge is 0.331 e. The molecule has 1 N–H and O–H groups in total. The van der Waals surface area contributed by atoms with Gasteiger partial charge < -0.3 is 4.74 Å². The van der Waals surface area contributed by atoms with Crippen LogP contribution in [-0.4, -0.2) is 15.7 Å². The third-order valence-electron chi connectivity index (χ3n) is 2.97. The van der Waals surface area contributed by atoms with E-state index in [1.165, 1.54) is 4.57 Å². The van der Waals surface area contributed by atoms with Crippen LogP contribution in [0.3, 0.4) is 0 Å². The van der Waals surface area contributed by atoms with Gasteiger partial charge in [-0.15, -0.1) is 0 Å². The van der Waals surface area contributed by atoms with Gasteiger partial charge in [0.15, 0.2) is 0 Å². The number of benzene rings is 1. The largest absolute Gasteiger partial charge is 0.473 e. The molecule has 0 unspecified atom stereocenters. The van der Waals surface area contributed by atoms with E-state index in [4.69, 9.17) is 4.74 Å². The Hall–Kier alpha value is -2.30. The molecule has 1 aromatic carbocycles. The van der Waals surface area contributed by atoms with Crippen LogP contribution in [0.15, 0.2) is 39.9 Å². The topological polar surface area (TPSA) is 64.1 Å². The van der Waals surface area contributed by atoms with E-state index < -0.39 is 11.2 Å². The second-order valence-corrected chi connectivity index (χ2v) is 4.34. The maximum absolute atomic E-state index is 12.0. The van der Waals surface area contributed by atoms with Gasteiger partial charge in [0.2, 0.25) is 5.88 Å². The number of fused-ring (bicyclic) bond motifs is 1. The SMILES string of the molecule is C[C@@H]1Cn2c(c(-c3ccccc3)c(=O)[nH]c2=O)O1. The Balaban J connectivity index is 2.32. The minimum atomic E-state index is -0.418. The molecule has 3 rings (SSSR count). The molecule has 1 aliphatic rings. The first kappa shape index (κ1) is 10.8. The minimum absolute atomic E-state index is 0.102. The van der Waals surface area contributed by atoms with Crippen molar-refractivity contribution in [2.45, 2.75) is 19.6 Å². The van der Waals surface area contributed by atoms with Crippen LogP contribution in [0, 0.1) is 0 Å². The summed E-state index contributed by atoms with van der Waals surface area (Å²) in [5.74, 6) is 0.363. The van der Waals surface area contributed by atoms with Gasteiger partial charge in [0.05, 0.1) is 6.54 Å². The average Bonchev–Trinajstić information content (AvgIpc) is 2.72. The van der Waals surface area contributed by atoms with Crippen LogP contribution in [0.25, 0.3) is 11.1 Å². The lowest BCUT2D eigenvalue weighted by atomic mass is 10.1. The molecule has 1 aromatic heterocycles. The predicted molar refractivity (Wildman–Crippen MR) is 66.8 cm³/mol. The first-order chi connectivity index (χ1) is 8.66. The van der Waals surface area contributed by atoms with Gasteiger partial charge in [-0.2, -0.15) is 0 Å². The van der Waals surface area contributed by atoms with Crippen molar-refractivity contribution in [1.82, 2.24) is 9.55 Å². The summed E-state index contributed by atoms with van der Waals surface area (Å²) in [4.78, 5) is 26.0. The summed E-state index contributed by atoms with van der Waals surface area (Å²) in [5.41, 5.74) is 0.335. The molecule has 0 spiro atoms. The number of ether oxygens (including phenoxy) is 1. The lowest BCUT2D eigenvalue weighted by Crippen LogP contribution is -2.29. The third kappa shape index (κ3) is 1.55. The lowest BCUT2D eigenvalue weighted by Gasteiger charge is -2.07. The molecule has 5 nitrogen and oxygen atoms in total. The van der Waals surface area contributed by atoms with Crippen LogP contribution in [0.4, 0.5) is 0 Å². The fourth-order valence-electron chi connectivity index (χ4n) is 2.18. The first-order valence-electron chi connectivity index (χ1n) is 5.76. The van der Waals surface area contributed by atoms with Crippen molar-refractivity contribution in [3.63, 3.8) is 0 Å². The summed E-state index contributed by atoms with van der Waals surface area (Å²) < 4.78 is 7.06. The quantitative estimate of drug-likeness (QED) is 0.813. The van der Waals surface area contributed by atoms with Gasteiger partial charge >= 0.3 is 5.69 Å². The van der Waals surface area contributed by atoms with Crippen molar-refractivity contribution < 1.29 is 4.74 Å². The van der Waals surface area contributed by atoms with Crippen molar-refractivity contribution >= 4 is 0 Å². The molecule has 0 saturated heterocycles. The Morgan fingerprint density at radius 3 is 2.72 bits per heavy atom. The molecule has 0 amide bonds. The van der Waals surface area contributed by atoms with Gasteiger partial charge in [0.25, 0.3) is 5.56 Å². The number of aromatic nitrogens is 2. The van der Waals surface area contributed by atoms with Crippen LogP contribution in [0.2, 0.25) is 0 Å². The Bertz CT molecular complexity index is 700. The number of hydrogen-bond acceptors (Lipinski definition) is 3. The van der Waals surface area contributed by atoms with Crippen molar-refractivity contribution in [1.29, 1.82) is 0 Å². The van der Waals surface area contributed by atoms with E-state index in [-0.39, 0.29) is 6.10 Å². The van der Waals surface area contributed by atoms with Gasteiger partial charge in [-0.25, -0.2) is 4.79 Å². The Kier molecular flexibility index (Phi) is 2.33. The second kappa shape index (κ2) is 3.87. The number of H-pyrrole nitrogens is 1. The van der Waals surface area contributed by atoms with E-state index in [1.54, 1.807) is 0 Å². The highest BCUT2D eigenvalue weighted by Gasteiger charge is 2.26. The highest BCUT2D eigenvalue weighted by atomic mass is 16.5. The van der Waals surface area contributed by atoms with Crippen LogP contribution >= 0.6 is 0 Å². The van der Waals surface area contributed by atoms with Crippen LogP contribution in [0.1, 0.15) is 6.92 Å². The van der Waals surface area contributed by atoms with E-state index in [1.807, 2.05) is 37.3 Å². The Morgan fingerprint density at radius 2 is 2.00 bits per heavy atom. The maximum Gasteiger partial charge on any atom is 0.331 e. The molecule has 2 heterocycles. The normalized spacial score (nSPS) is 17.3. The van der Waals surface area contributed by atoms with E-state index >= 15 is 0 Å². The molecule has 0 saturated carbocycles. The van der Waals surface area contributed by atoms with E-state index in [2.05, 4.69) is 4.98 Å². The zero-order chi connectivity index (χ0) is 12.7. The second-order valence-electron chi connectivity index (χ2n) is 4.34. The molecule has 18 heavy (non-hydrogen) atoms. The molecular weight excluding hydrogens is 232 g/mol. The van der Waals surface area contributed by atoms with E-state index in [0.717, 1.165) is 5.56 Å². The molecule has 0 bridgehead atoms. The molecule has 0 aliphatic carbocycles. The highest BCUT2D eigenvalue weighted by Crippen LogP contribution is 2.29. The lowest BCUT2D eigenvalue weighted by molar-refractivity contribution is 0.255. The van der Waals surface area contributed by atoms with Crippen molar-refractivity contribution in [2.75, 3.05) is 0 Å².